The summed E-state index contributed by atoms with van der Waals surface area (Å²) in [7, 11) is 9.40. The van der Waals surface area contributed by atoms with Crippen LogP contribution >= 0.6 is 20.4 Å². The van der Waals surface area contributed by atoms with E-state index in [9.17, 15) is 0 Å². The Hall–Kier alpha value is 0.954. The van der Waals surface area contributed by atoms with Crippen molar-refractivity contribution >= 4 is 20.4 Å². The fourth-order valence-corrected chi connectivity index (χ4v) is 0.329. The maximum absolute atomic E-state index is 5.17. The third-order valence-corrected chi connectivity index (χ3v) is 0.642. The summed E-state index contributed by atoms with van der Waals surface area (Å²) in [6, 6.07) is 0. The molecule has 0 aromatic rings. The van der Waals surface area contributed by atoms with Crippen LogP contribution in [0.1, 0.15) is 0 Å². The van der Waals surface area contributed by atoms with E-state index in [-0.39, 0.29) is 0 Å². The summed E-state index contributed by atoms with van der Waals surface area (Å²) in [6.45, 7) is 3.13. The molecule has 0 saturated heterocycles. The van der Waals surface area contributed by atoms with Crippen molar-refractivity contribution in [2.75, 3.05) is 26.2 Å². The van der Waals surface area contributed by atoms with Crippen molar-refractivity contribution in [2.24, 2.45) is 11.5 Å². The van der Waals surface area contributed by atoms with Gasteiger partial charge >= 0.3 is 33.0 Å². The summed E-state index contributed by atoms with van der Waals surface area (Å²) in [5.41, 5.74) is 10.3. The molecule has 0 bridgehead atoms. The second-order valence-electron chi connectivity index (χ2n) is 1.37. The summed E-state index contributed by atoms with van der Waals surface area (Å²) < 4.78 is 0. The van der Waals surface area contributed by atoms with Crippen LogP contribution in [0.4, 0.5) is 0 Å². The molecule has 68 valence electrons. The van der Waals surface area contributed by atoms with Crippen LogP contribution in [0.5, 0.6) is 0 Å². The van der Waals surface area contributed by atoms with Crippen molar-refractivity contribution in [3.63, 3.8) is 0 Å². The third kappa shape index (κ3) is 23.1. The summed E-state index contributed by atoms with van der Waals surface area (Å²) in [4.78, 5) is 0. The van der Waals surface area contributed by atoms with Gasteiger partial charge in [0, 0.05) is 26.2 Å². The number of nitrogens with two attached hydrogens (primary N) is 2. The Balaban J connectivity index is 0. The molecule has 0 atom stereocenters. The van der Waals surface area contributed by atoms with E-state index in [0.29, 0.717) is 25.7 Å². The van der Waals surface area contributed by atoms with E-state index in [4.69, 9.17) is 31.9 Å². The zero-order valence-electron chi connectivity index (χ0n) is 5.56. The molecule has 6 heteroatoms. The Morgan fingerprint density at radius 1 is 1.10 bits per heavy atom. The Labute approximate surface area is 76.2 Å². The monoisotopic (exact) mass is 231 g/mol. The van der Waals surface area contributed by atoms with Crippen LogP contribution in [0, 0.1) is 0 Å². The molecule has 0 aliphatic carbocycles. The molecule has 3 nitrogen and oxygen atoms in total. The number of nitrogens with one attached hydrogen (secondary N) is 1. The minimum absolute atomic E-state index is 0.569. The quantitative estimate of drug-likeness (QED) is 0.468. The standard InChI is InChI=1S/C4H13N3.2ClH.Ni/c5-1-3-7-4-2-6;;;/h7H,1-6H2;2*1H;/q;;;+2/p-2. The maximum atomic E-state index is 5.17. The van der Waals surface area contributed by atoms with Gasteiger partial charge < -0.3 is 16.8 Å². The molecular formula is C4H13Cl2N3Ni. The summed E-state index contributed by atoms with van der Waals surface area (Å²) in [5, 5.41) is 3.03. The van der Waals surface area contributed by atoms with Gasteiger partial charge in [-0.1, -0.05) is 0 Å². The molecule has 0 radical (unpaired) electrons. The van der Waals surface area contributed by atoms with Gasteiger partial charge in [-0.15, -0.1) is 0 Å². The van der Waals surface area contributed by atoms with Crippen LogP contribution in [-0.4, -0.2) is 26.2 Å². The predicted molar refractivity (Wildman–Crippen MR) is 42.7 cm³/mol. The molecule has 10 heavy (non-hydrogen) atoms. The Morgan fingerprint density at radius 3 is 1.60 bits per heavy atom. The first-order valence-corrected chi connectivity index (χ1v) is 5.48. The number of halogens is 2. The van der Waals surface area contributed by atoms with E-state index in [0.717, 1.165) is 13.1 Å². The molecule has 0 fully saturated rings. The second-order valence-corrected chi connectivity index (χ2v) is 3.00. The zero-order valence-corrected chi connectivity index (χ0v) is 8.05. The molecule has 0 rings (SSSR count). The van der Waals surface area contributed by atoms with Crippen molar-refractivity contribution in [1.29, 1.82) is 0 Å². The molecule has 0 aromatic carbocycles. The first kappa shape index (κ1) is 13.5. The van der Waals surface area contributed by atoms with E-state index in [1.54, 1.807) is 0 Å². The van der Waals surface area contributed by atoms with Gasteiger partial charge in [-0.25, -0.2) is 0 Å². The molecular weight excluding hydrogens is 220 g/mol. The van der Waals surface area contributed by atoms with Gasteiger partial charge in [0.1, 0.15) is 0 Å². The molecule has 0 amide bonds. The zero-order chi connectivity index (χ0) is 8.24. The Bertz CT molecular complexity index is 45.5. The predicted octanol–water partition coefficient (Wildman–Crippen LogP) is -0.130. The van der Waals surface area contributed by atoms with Crippen molar-refractivity contribution in [1.82, 2.24) is 5.32 Å². The average Bonchev–Trinajstić information content (AvgIpc) is 1.91. The average molecular weight is 233 g/mol. The number of hydrogen-bond donors (Lipinski definition) is 3. The van der Waals surface area contributed by atoms with Gasteiger partial charge in [0.2, 0.25) is 0 Å². The fourth-order valence-electron chi connectivity index (χ4n) is 0.329. The molecule has 0 spiro atoms. The second kappa shape index (κ2) is 16.5. The van der Waals surface area contributed by atoms with Crippen LogP contribution in [0.3, 0.4) is 0 Å². The Morgan fingerprint density at radius 2 is 1.40 bits per heavy atom. The van der Waals surface area contributed by atoms with Crippen LogP contribution < -0.4 is 16.8 Å². The van der Waals surface area contributed by atoms with Gasteiger partial charge in [0.15, 0.2) is 0 Å². The summed E-state index contributed by atoms with van der Waals surface area (Å²) in [6.07, 6.45) is 0. The van der Waals surface area contributed by atoms with Crippen molar-refractivity contribution in [3.8, 4) is 0 Å². The minimum atomic E-state index is 0.569. The van der Waals surface area contributed by atoms with E-state index in [1.165, 1.54) is 0 Å². The first-order valence-electron chi connectivity index (χ1n) is 2.76. The van der Waals surface area contributed by atoms with E-state index < -0.39 is 0 Å². The van der Waals surface area contributed by atoms with Crippen LogP contribution in [0.2, 0.25) is 0 Å². The molecule has 0 saturated carbocycles. The van der Waals surface area contributed by atoms with Crippen molar-refractivity contribution in [3.05, 3.63) is 0 Å². The molecule has 0 unspecified atom stereocenters. The van der Waals surface area contributed by atoms with Crippen molar-refractivity contribution < 1.29 is 12.7 Å². The van der Waals surface area contributed by atoms with Gasteiger partial charge in [-0.05, 0) is 0 Å². The fraction of sp³-hybridized carbons (Fsp3) is 1.00. The summed E-state index contributed by atoms with van der Waals surface area (Å²) in [5.74, 6) is 0. The van der Waals surface area contributed by atoms with Gasteiger partial charge in [-0.2, -0.15) is 0 Å². The third-order valence-electron chi connectivity index (χ3n) is 0.642. The van der Waals surface area contributed by atoms with Crippen LogP contribution in [0.25, 0.3) is 0 Å². The molecule has 0 aliphatic rings. The Kier molecular flexibility index (Phi) is 22.3. The van der Waals surface area contributed by atoms with E-state index in [2.05, 4.69) is 5.32 Å². The first-order chi connectivity index (χ1) is 4.83. The topological polar surface area (TPSA) is 64.1 Å². The van der Waals surface area contributed by atoms with Gasteiger partial charge in [0.05, 0.1) is 0 Å². The molecule has 0 aromatic heterocycles. The number of rotatable bonds is 4. The van der Waals surface area contributed by atoms with Crippen molar-refractivity contribution in [2.45, 2.75) is 0 Å². The molecule has 0 aliphatic heterocycles. The normalized spacial score (nSPS) is 8.80. The number of hydrogen-bond acceptors (Lipinski definition) is 3. The van der Waals surface area contributed by atoms with Crippen LogP contribution in [-0.2, 0) is 12.7 Å². The molecule has 0 heterocycles. The SMILES string of the molecule is NCCNCCN.[Cl][Ni][Cl]. The summed E-state index contributed by atoms with van der Waals surface area (Å²) >= 11 is 0.569. The van der Waals surface area contributed by atoms with Crippen LogP contribution in [0.15, 0.2) is 0 Å². The molecule has 5 N–H and O–H groups in total. The van der Waals surface area contributed by atoms with E-state index in [1.807, 2.05) is 0 Å². The van der Waals surface area contributed by atoms with E-state index >= 15 is 0 Å². The van der Waals surface area contributed by atoms with Gasteiger partial charge in [0.25, 0.3) is 0 Å². The van der Waals surface area contributed by atoms with Gasteiger partial charge in [-0.3, -0.25) is 0 Å².